The van der Waals surface area contributed by atoms with Crippen LogP contribution in [0.15, 0.2) is 30.7 Å². The predicted molar refractivity (Wildman–Crippen MR) is 122 cm³/mol. The Kier molecular flexibility index (Phi) is 10.5. The summed E-state index contributed by atoms with van der Waals surface area (Å²) in [5, 5.41) is 6.53. The van der Waals surface area contributed by atoms with E-state index in [4.69, 9.17) is 11.6 Å². The van der Waals surface area contributed by atoms with Crippen LogP contribution in [0.1, 0.15) is 34.1 Å². The van der Waals surface area contributed by atoms with Crippen LogP contribution >= 0.6 is 11.6 Å². The molecule has 3 N–H and O–H groups in total. The number of pyridine rings is 1. The lowest BCUT2D eigenvalue weighted by Gasteiger charge is -2.23. The predicted octanol–water partition coefficient (Wildman–Crippen LogP) is 5.25. The lowest BCUT2D eigenvalue weighted by Crippen LogP contribution is -2.36. The average Bonchev–Trinajstić information content (AvgIpc) is 3.18. The van der Waals surface area contributed by atoms with Gasteiger partial charge in [0.15, 0.2) is 5.82 Å². The summed E-state index contributed by atoms with van der Waals surface area (Å²) in [6.07, 6.45) is 2.52. The van der Waals surface area contributed by atoms with E-state index in [0.717, 1.165) is 22.9 Å². The lowest BCUT2D eigenvalue weighted by atomic mass is 10.0. The summed E-state index contributed by atoms with van der Waals surface area (Å²) in [5.41, 5.74) is 0.872. The van der Waals surface area contributed by atoms with Crippen LogP contribution in [0.5, 0.6) is 0 Å². The first kappa shape index (κ1) is 27.3. The number of anilines is 1. The normalized spacial score (nSPS) is 12.7. The van der Waals surface area contributed by atoms with Crippen LogP contribution < -0.4 is 10.6 Å². The van der Waals surface area contributed by atoms with Crippen molar-refractivity contribution >= 4 is 34.7 Å². The minimum atomic E-state index is -4.06. The summed E-state index contributed by atoms with van der Waals surface area (Å²) in [5.74, 6) is 1.13. The molecule has 11 heteroatoms. The summed E-state index contributed by atoms with van der Waals surface area (Å²) in [7, 11) is 1.26. The average molecular weight is 473 g/mol. The number of rotatable bonds is 6. The van der Waals surface area contributed by atoms with Gasteiger partial charge in [-0.15, -0.1) is 0 Å². The fourth-order valence-electron chi connectivity index (χ4n) is 2.42. The summed E-state index contributed by atoms with van der Waals surface area (Å²) in [6, 6.07) is 3.56. The molecule has 7 nitrogen and oxygen atoms in total. The third-order valence-corrected chi connectivity index (χ3v) is 4.39. The highest BCUT2D eigenvalue weighted by Gasteiger charge is 2.25. The van der Waals surface area contributed by atoms with Crippen LogP contribution in [-0.2, 0) is 4.79 Å². The van der Waals surface area contributed by atoms with Gasteiger partial charge in [-0.25, -0.2) is 15.0 Å². The van der Waals surface area contributed by atoms with Gasteiger partial charge in [-0.2, -0.15) is 13.2 Å². The zero-order valence-electron chi connectivity index (χ0n) is 18.6. The Morgan fingerprint density at radius 2 is 1.94 bits per heavy atom. The first-order chi connectivity index (χ1) is 15.1. The Morgan fingerprint density at radius 3 is 2.47 bits per heavy atom. The number of alkyl halides is 3. The van der Waals surface area contributed by atoms with E-state index in [0.29, 0.717) is 23.1 Å². The van der Waals surface area contributed by atoms with Gasteiger partial charge in [-0.05, 0) is 32.5 Å². The van der Waals surface area contributed by atoms with Gasteiger partial charge in [0.25, 0.3) is 0 Å². The minimum Gasteiger partial charge on any atom is -0.358 e. The highest BCUT2D eigenvalue weighted by Crippen LogP contribution is 2.28. The molecule has 176 valence electrons. The van der Waals surface area contributed by atoms with Crippen LogP contribution in [0.3, 0.4) is 0 Å². The first-order valence-electron chi connectivity index (χ1n) is 10.0. The second kappa shape index (κ2) is 12.4. The molecule has 32 heavy (non-hydrogen) atoms. The maximum absolute atomic E-state index is 11.3. The van der Waals surface area contributed by atoms with Crippen LogP contribution in [0.25, 0.3) is 22.4 Å². The van der Waals surface area contributed by atoms with Crippen molar-refractivity contribution in [3.05, 3.63) is 35.7 Å². The Hall–Kier alpha value is -2.72. The molecule has 0 aliphatic heterocycles. The van der Waals surface area contributed by atoms with Gasteiger partial charge in [-0.1, -0.05) is 32.4 Å². The Morgan fingerprint density at radius 1 is 1.25 bits per heavy atom. The summed E-state index contributed by atoms with van der Waals surface area (Å²) >= 11 is 6.02. The number of H-pyrrole nitrogens is 1. The van der Waals surface area contributed by atoms with E-state index in [1.165, 1.54) is 7.05 Å². The molecule has 0 saturated carbocycles. The number of aromatic amines is 1. The molecule has 0 fully saturated rings. The molecule has 0 aliphatic rings. The number of halogens is 4. The van der Waals surface area contributed by atoms with E-state index in [2.05, 4.69) is 25.3 Å². The van der Waals surface area contributed by atoms with Gasteiger partial charge in [-0.3, -0.25) is 0 Å². The number of aromatic nitrogens is 4. The SMILES string of the molecule is CC.CCC(C)(C=O)Nc1ccnc(-c2c[nH]c3ncc(Cl)cc23)n1.CNCC(F)(F)F. The van der Waals surface area contributed by atoms with Gasteiger partial charge in [0.05, 0.1) is 17.1 Å². The maximum atomic E-state index is 11.3. The quantitative estimate of drug-likeness (QED) is 0.424. The topological polar surface area (TPSA) is 95.6 Å². The second-order valence-electron chi connectivity index (χ2n) is 6.68. The molecular weight excluding hydrogens is 445 g/mol. The molecule has 1 unspecified atom stereocenters. The van der Waals surface area contributed by atoms with Crippen LogP contribution in [-0.4, -0.2) is 51.5 Å². The molecule has 0 radical (unpaired) electrons. The Bertz CT molecular complexity index is 995. The third kappa shape index (κ3) is 8.08. The van der Waals surface area contributed by atoms with Gasteiger partial charge in [0.1, 0.15) is 17.8 Å². The Balaban J connectivity index is 0.000000488. The van der Waals surface area contributed by atoms with E-state index in [-0.39, 0.29) is 0 Å². The van der Waals surface area contributed by atoms with E-state index in [1.54, 1.807) is 24.7 Å². The molecule has 3 rings (SSSR count). The van der Waals surface area contributed by atoms with E-state index < -0.39 is 18.3 Å². The maximum Gasteiger partial charge on any atom is 0.401 e. The number of nitrogens with zero attached hydrogens (tertiary/aromatic N) is 3. The lowest BCUT2D eigenvalue weighted by molar-refractivity contribution is -0.123. The number of hydrogen-bond donors (Lipinski definition) is 3. The van der Waals surface area contributed by atoms with Crippen LogP contribution in [0.4, 0.5) is 19.0 Å². The van der Waals surface area contributed by atoms with Crippen molar-refractivity contribution < 1.29 is 18.0 Å². The minimum absolute atomic E-state index is 0.537. The van der Waals surface area contributed by atoms with Crippen molar-refractivity contribution in [2.75, 3.05) is 18.9 Å². The molecule has 3 heterocycles. The largest absolute Gasteiger partial charge is 0.401 e. The number of carbonyl (C=O) groups is 1. The van der Waals surface area contributed by atoms with Gasteiger partial charge in [0.2, 0.25) is 0 Å². The first-order valence-corrected chi connectivity index (χ1v) is 10.4. The fourth-order valence-corrected chi connectivity index (χ4v) is 2.57. The molecule has 0 aromatic carbocycles. The number of fused-ring (bicyclic) bond motifs is 1. The van der Waals surface area contributed by atoms with E-state index in [1.807, 2.05) is 39.1 Å². The van der Waals surface area contributed by atoms with E-state index >= 15 is 0 Å². The van der Waals surface area contributed by atoms with Gasteiger partial charge in [0, 0.05) is 29.5 Å². The van der Waals surface area contributed by atoms with Crippen LogP contribution in [0.2, 0.25) is 5.02 Å². The molecule has 1 atom stereocenters. The Labute approximate surface area is 190 Å². The standard InChI is InChI=1S/C16H16ClN5O.C3H6F3N.C2H6/c1-3-16(2,9-23)22-13-4-5-18-15(21-13)12-8-20-14-11(12)6-10(17)7-19-14;1-7-2-3(4,5)6;1-2/h4-9H,3H2,1-2H3,(H,19,20)(H,18,21,22);7H,2H2,1H3;1-2H3. The van der Waals surface area contributed by atoms with Crippen LogP contribution in [0, 0.1) is 0 Å². The summed E-state index contributed by atoms with van der Waals surface area (Å²) in [4.78, 5) is 27.4. The summed E-state index contributed by atoms with van der Waals surface area (Å²) in [6.45, 7) is 6.86. The molecule has 0 amide bonds. The van der Waals surface area contributed by atoms with Crippen molar-refractivity contribution in [3.8, 4) is 11.4 Å². The molecular formula is C21H28ClF3N6O. The van der Waals surface area contributed by atoms with Crippen molar-refractivity contribution in [3.63, 3.8) is 0 Å². The van der Waals surface area contributed by atoms with Gasteiger partial charge >= 0.3 is 6.18 Å². The van der Waals surface area contributed by atoms with Crippen molar-refractivity contribution in [2.45, 2.75) is 45.8 Å². The molecule has 3 aromatic rings. The van der Waals surface area contributed by atoms with Crippen molar-refractivity contribution in [2.24, 2.45) is 0 Å². The molecule has 0 saturated heterocycles. The number of hydrogen-bond acceptors (Lipinski definition) is 6. The number of nitrogens with one attached hydrogen (secondary N) is 3. The third-order valence-electron chi connectivity index (χ3n) is 4.18. The zero-order chi connectivity index (χ0) is 24.4. The second-order valence-corrected chi connectivity index (χ2v) is 7.11. The molecule has 0 aliphatic carbocycles. The number of aldehydes is 1. The molecule has 0 bridgehead atoms. The molecule has 3 aromatic heterocycles. The smallest absolute Gasteiger partial charge is 0.358 e. The monoisotopic (exact) mass is 472 g/mol. The van der Waals surface area contributed by atoms with Crippen molar-refractivity contribution in [1.82, 2.24) is 25.3 Å². The highest BCUT2D eigenvalue weighted by atomic mass is 35.5. The highest BCUT2D eigenvalue weighted by molar-refractivity contribution is 6.31. The fraction of sp³-hybridized carbons (Fsp3) is 0.429. The van der Waals surface area contributed by atoms with Gasteiger partial charge < -0.3 is 20.4 Å². The number of carbonyl (C=O) groups excluding carboxylic acids is 1. The van der Waals surface area contributed by atoms with Crippen molar-refractivity contribution in [1.29, 1.82) is 0 Å². The zero-order valence-corrected chi connectivity index (χ0v) is 19.4. The molecule has 0 spiro atoms. The summed E-state index contributed by atoms with van der Waals surface area (Å²) < 4.78 is 33.0. The van der Waals surface area contributed by atoms with E-state index in [9.17, 15) is 18.0 Å².